The van der Waals surface area contributed by atoms with Crippen molar-refractivity contribution in [2.75, 3.05) is 19.0 Å². The molecule has 1 rings (SSSR count). The van der Waals surface area contributed by atoms with E-state index in [-0.39, 0.29) is 16.3 Å². The van der Waals surface area contributed by atoms with Gasteiger partial charge in [0.05, 0.1) is 23.4 Å². The minimum absolute atomic E-state index is 0.0720. The average Bonchev–Trinajstić information content (AvgIpc) is 2.30. The van der Waals surface area contributed by atoms with Gasteiger partial charge in [-0.05, 0) is 32.0 Å². The Kier molecular flexibility index (Phi) is 5.35. The number of urea groups is 1. The summed E-state index contributed by atoms with van der Waals surface area (Å²) in [5.74, 6) is -1.17. The van der Waals surface area contributed by atoms with Crippen LogP contribution in [0.25, 0.3) is 0 Å². The van der Waals surface area contributed by atoms with E-state index in [1.165, 1.54) is 25.3 Å². The lowest BCUT2D eigenvalue weighted by atomic mass is 10.1. The summed E-state index contributed by atoms with van der Waals surface area (Å²) < 4.78 is 4.98. The van der Waals surface area contributed by atoms with Crippen molar-refractivity contribution in [1.82, 2.24) is 5.32 Å². The third-order valence-electron chi connectivity index (χ3n) is 2.42. The summed E-state index contributed by atoms with van der Waals surface area (Å²) in [5, 5.41) is 14.5. The van der Waals surface area contributed by atoms with Crippen molar-refractivity contribution in [2.45, 2.75) is 19.4 Å². The van der Waals surface area contributed by atoms with Crippen molar-refractivity contribution < 1.29 is 19.4 Å². The molecule has 0 radical (unpaired) electrons. The number of halogens is 1. The zero-order valence-electron chi connectivity index (χ0n) is 11.5. The van der Waals surface area contributed by atoms with Gasteiger partial charge in [0.15, 0.2) is 0 Å². The topological polar surface area (TPSA) is 87.7 Å². The maximum Gasteiger partial charge on any atom is 0.337 e. The molecule has 0 atom stereocenters. The zero-order chi connectivity index (χ0) is 15.3. The van der Waals surface area contributed by atoms with Crippen LogP contribution in [0.2, 0.25) is 5.02 Å². The Labute approximate surface area is 122 Å². The Bertz CT molecular complexity index is 517. The Morgan fingerprint density at radius 1 is 1.40 bits per heavy atom. The van der Waals surface area contributed by atoms with Crippen LogP contribution in [0.1, 0.15) is 24.2 Å². The summed E-state index contributed by atoms with van der Waals surface area (Å²) in [5.41, 5.74) is -0.473. The van der Waals surface area contributed by atoms with Crippen LogP contribution in [-0.2, 0) is 4.74 Å². The molecule has 3 N–H and O–H groups in total. The number of aromatic carboxylic acids is 1. The molecule has 7 heteroatoms. The Balaban J connectivity index is 2.83. The second-order valence-corrected chi connectivity index (χ2v) is 5.33. The first-order chi connectivity index (χ1) is 9.25. The predicted octanol–water partition coefficient (Wildman–Crippen LogP) is 2.58. The number of carbonyl (C=O) groups is 2. The second-order valence-electron chi connectivity index (χ2n) is 4.89. The number of nitrogens with one attached hydrogen (secondary N) is 2. The fraction of sp³-hybridized carbons (Fsp3) is 0.385. The normalized spacial score (nSPS) is 11.0. The molecule has 0 bridgehead atoms. The Morgan fingerprint density at radius 2 is 2.05 bits per heavy atom. The van der Waals surface area contributed by atoms with Gasteiger partial charge in [0, 0.05) is 12.1 Å². The average molecular weight is 301 g/mol. The number of hydrogen-bond donors (Lipinski definition) is 3. The molecule has 0 aliphatic rings. The van der Waals surface area contributed by atoms with Gasteiger partial charge in [-0.25, -0.2) is 9.59 Å². The van der Waals surface area contributed by atoms with E-state index in [9.17, 15) is 9.59 Å². The van der Waals surface area contributed by atoms with Crippen molar-refractivity contribution in [3.05, 3.63) is 28.8 Å². The molecule has 6 nitrogen and oxygen atoms in total. The van der Waals surface area contributed by atoms with Crippen molar-refractivity contribution in [1.29, 1.82) is 0 Å². The lowest BCUT2D eigenvalue weighted by Gasteiger charge is -2.25. The van der Waals surface area contributed by atoms with Gasteiger partial charge >= 0.3 is 12.0 Å². The van der Waals surface area contributed by atoms with Crippen LogP contribution in [0.3, 0.4) is 0 Å². The smallest absolute Gasteiger partial charge is 0.337 e. The summed E-state index contributed by atoms with van der Waals surface area (Å²) in [7, 11) is 1.53. The van der Waals surface area contributed by atoms with E-state index in [1.807, 2.05) is 0 Å². The lowest BCUT2D eigenvalue weighted by molar-refractivity contribution is 0.0698. The van der Waals surface area contributed by atoms with Crippen LogP contribution in [0.15, 0.2) is 18.2 Å². The highest BCUT2D eigenvalue weighted by Crippen LogP contribution is 2.20. The summed E-state index contributed by atoms with van der Waals surface area (Å²) >= 11 is 5.74. The number of methoxy groups -OCH3 is 1. The molecule has 0 aliphatic carbocycles. The summed E-state index contributed by atoms with van der Waals surface area (Å²) in [6.45, 7) is 3.90. The third-order valence-corrected chi connectivity index (χ3v) is 2.65. The first kappa shape index (κ1) is 16.3. The largest absolute Gasteiger partial charge is 0.478 e. The maximum absolute atomic E-state index is 11.9. The number of benzene rings is 1. The predicted molar refractivity (Wildman–Crippen MR) is 76.5 cm³/mol. The summed E-state index contributed by atoms with van der Waals surface area (Å²) in [6, 6.07) is 3.70. The number of hydrogen-bond acceptors (Lipinski definition) is 3. The monoisotopic (exact) mass is 300 g/mol. The third kappa shape index (κ3) is 4.71. The Hall–Kier alpha value is -1.79. The zero-order valence-corrected chi connectivity index (χ0v) is 12.2. The van der Waals surface area contributed by atoms with Crippen LogP contribution in [0, 0.1) is 0 Å². The molecule has 20 heavy (non-hydrogen) atoms. The number of anilines is 1. The number of carbonyl (C=O) groups excluding carboxylic acids is 1. The number of ether oxygens (including phenoxy) is 1. The molecular formula is C13H17ClN2O4. The van der Waals surface area contributed by atoms with Crippen LogP contribution in [-0.4, -0.2) is 36.4 Å². The number of carboxylic acid groups (broad SMARTS) is 1. The van der Waals surface area contributed by atoms with E-state index in [1.54, 1.807) is 13.8 Å². The summed E-state index contributed by atoms with van der Waals surface area (Å²) in [6.07, 6.45) is 0. The molecule has 0 saturated heterocycles. The van der Waals surface area contributed by atoms with Crippen LogP contribution in [0.4, 0.5) is 10.5 Å². The molecule has 1 aromatic rings. The van der Waals surface area contributed by atoms with E-state index >= 15 is 0 Å². The van der Waals surface area contributed by atoms with Gasteiger partial charge in [-0.2, -0.15) is 0 Å². The highest BCUT2D eigenvalue weighted by molar-refractivity contribution is 6.31. The van der Waals surface area contributed by atoms with Crippen molar-refractivity contribution in [3.63, 3.8) is 0 Å². The van der Waals surface area contributed by atoms with E-state index in [2.05, 4.69) is 10.6 Å². The lowest BCUT2D eigenvalue weighted by Crippen LogP contribution is -2.48. The van der Waals surface area contributed by atoms with Crippen LogP contribution >= 0.6 is 11.6 Å². The first-order valence-corrected chi connectivity index (χ1v) is 6.24. The van der Waals surface area contributed by atoms with Gasteiger partial charge in [-0.1, -0.05) is 11.6 Å². The fourth-order valence-corrected chi connectivity index (χ4v) is 1.83. The molecule has 0 spiro atoms. The maximum atomic E-state index is 11.9. The van der Waals surface area contributed by atoms with Gasteiger partial charge in [0.2, 0.25) is 0 Å². The number of carboxylic acids is 1. The second kappa shape index (κ2) is 6.58. The van der Waals surface area contributed by atoms with Crippen molar-refractivity contribution in [2.24, 2.45) is 0 Å². The highest BCUT2D eigenvalue weighted by atomic mass is 35.5. The fourth-order valence-electron chi connectivity index (χ4n) is 1.66. The molecule has 0 unspecified atom stereocenters. The standard InChI is InChI=1S/C13H17ClN2O4/c1-13(2,7-20-3)16-12(19)15-10-5-4-8(14)6-9(10)11(17)18/h4-6H,7H2,1-3H3,(H,17,18)(H2,15,16,19). The molecule has 0 fully saturated rings. The molecule has 0 aliphatic heterocycles. The Morgan fingerprint density at radius 3 is 2.60 bits per heavy atom. The van der Waals surface area contributed by atoms with Crippen molar-refractivity contribution in [3.8, 4) is 0 Å². The van der Waals surface area contributed by atoms with Gasteiger partial charge in [0.1, 0.15) is 0 Å². The number of rotatable bonds is 5. The van der Waals surface area contributed by atoms with Gasteiger partial charge < -0.3 is 20.5 Å². The molecule has 0 aromatic heterocycles. The molecular weight excluding hydrogens is 284 g/mol. The van der Waals surface area contributed by atoms with Crippen molar-refractivity contribution >= 4 is 29.3 Å². The molecule has 0 saturated carbocycles. The van der Waals surface area contributed by atoms with E-state index in [0.717, 1.165) is 0 Å². The van der Waals surface area contributed by atoms with E-state index in [0.29, 0.717) is 6.61 Å². The van der Waals surface area contributed by atoms with E-state index in [4.69, 9.17) is 21.4 Å². The molecule has 0 heterocycles. The molecule has 110 valence electrons. The highest BCUT2D eigenvalue weighted by Gasteiger charge is 2.21. The quantitative estimate of drug-likeness (QED) is 0.780. The number of amides is 2. The first-order valence-electron chi connectivity index (χ1n) is 5.86. The van der Waals surface area contributed by atoms with Gasteiger partial charge in [-0.15, -0.1) is 0 Å². The van der Waals surface area contributed by atoms with Gasteiger partial charge in [-0.3, -0.25) is 0 Å². The summed E-state index contributed by atoms with van der Waals surface area (Å²) in [4.78, 5) is 23.0. The van der Waals surface area contributed by atoms with E-state index < -0.39 is 17.5 Å². The van der Waals surface area contributed by atoms with Gasteiger partial charge in [0.25, 0.3) is 0 Å². The molecule has 1 aromatic carbocycles. The minimum Gasteiger partial charge on any atom is -0.478 e. The van der Waals surface area contributed by atoms with Crippen LogP contribution in [0.5, 0.6) is 0 Å². The SMILES string of the molecule is COCC(C)(C)NC(=O)Nc1ccc(Cl)cc1C(=O)O. The minimum atomic E-state index is -1.17. The molecule has 2 amide bonds. The van der Waals surface area contributed by atoms with Crippen LogP contribution < -0.4 is 10.6 Å².